The van der Waals surface area contributed by atoms with Crippen molar-refractivity contribution in [2.45, 2.75) is 328 Å². The molecule has 0 aliphatic carbocycles. The van der Waals surface area contributed by atoms with Crippen molar-refractivity contribution in [2.75, 3.05) is 19.8 Å². The van der Waals surface area contributed by atoms with Gasteiger partial charge in [-0.1, -0.05) is 265 Å². The minimum Gasteiger partial charge on any atom is -0.748 e. The summed E-state index contributed by atoms with van der Waals surface area (Å²) in [7, 11) is -16.4. The van der Waals surface area contributed by atoms with Crippen LogP contribution in [0.15, 0.2) is 66.2 Å². The topological polar surface area (TPSA) is 381 Å². The van der Waals surface area contributed by atoms with Crippen molar-refractivity contribution in [3.05, 3.63) is 102 Å². The quantitative estimate of drug-likeness (QED) is 0.0105. The maximum atomic E-state index is 12.0. The largest absolute Gasteiger partial charge is 1.00 e. The summed E-state index contributed by atoms with van der Waals surface area (Å²) in [5, 5.41) is 0. The monoisotopic (exact) mass is 1640 g/mol. The Bertz CT molecular complexity index is 3310. The first kappa shape index (κ1) is 115. The molecule has 600 valence electrons. The van der Waals surface area contributed by atoms with Crippen LogP contribution in [-0.2, 0) is 77.2 Å². The van der Waals surface area contributed by atoms with E-state index in [2.05, 4.69) is 41.5 Å². The molecule has 0 saturated carbocycles. The molecular formula is C76H124Na4O24S4. The molecule has 0 amide bonds. The van der Waals surface area contributed by atoms with Gasteiger partial charge in [0.1, 0.15) is 47.6 Å². The van der Waals surface area contributed by atoms with Gasteiger partial charge in [0.05, 0.1) is 43.2 Å². The van der Waals surface area contributed by atoms with Gasteiger partial charge in [0.2, 0.25) is 17.3 Å². The summed E-state index contributed by atoms with van der Waals surface area (Å²) in [6, 6.07) is 11.2. The molecular weight excluding hydrogens is 1520 g/mol. The van der Waals surface area contributed by atoms with E-state index in [-0.39, 0.29) is 171 Å². The van der Waals surface area contributed by atoms with Crippen molar-refractivity contribution in [1.29, 1.82) is 0 Å². The van der Waals surface area contributed by atoms with Crippen molar-refractivity contribution in [3.8, 4) is 0 Å². The smallest absolute Gasteiger partial charge is 0.748 e. The van der Waals surface area contributed by atoms with Gasteiger partial charge in [-0.3, -0.25) is 0 Å². The van der Waals surface area contributed by atoms with Crippen molar-refractivity contribution in [3.63, 3.8) is 0 Å². The van der Waals surface area contributed by atoms with Gasteiger partial charge in [-0.15, -0.1) is 12.6 Å². The third kappa shape index (κ3) is 72.0. The molecule has 0 saturated heterocycles. The summed E-state index contributed by atoms with van der Waals surface area (Å²) in [6.07, 6.45) is 49.8. The molecule has 4 aromatic rings. The number of ether oxygens (including phenoxy) is 4. The summed E-state index contributed by atoms with van der Waals surface area (Å²) >= 11 is 0. The second-order valence-electron chi connectivity index (χ2n) is 26.4. The van der Waals surface area contributed by atoms with Crippen LogP contribution in [0.4, 0.5) is 0 Å². The molecule has 0 radical (unpaired) electrons. The second kappa shape index (κ2) is 74.1. The Morgan fingerprint density at radius 2 is 0.611 bits per heavy atom. The van der Waals surface area contributed by atoms with Gasteiger partial charge in [0.15, 0.2) is 5.76 Å². The normalized spacial score (nSPS) is 11.4. The van der Waals surface area contributed by atoms with Crippen LogP contribution < -0.4 is 118 Å². The maximum absolute atomic E-state index is 12.0. The Morgan fingerprint density at radius 3 is 0.907 bits per heavy atom. The fraction of sp³-hybridized carbons (Fsp3) is 0.724. The van der Waals surface area contributed by atoms with Crippen molar-refractivity contribution >= 4 is 64.8 Å². The predicted molar refractivity (Wildman–Crippen MR) is 396 cm³/mol. The molecule has 4 rings (SSSR count). The molecule has 0 aromatic carbocycles. The van der Waals surface area contributed by atoms with E-state index in [1.54, 1.807) is 12.1 Å². The molecule has 0 spiro atoms. The van der Waals surface area contributed by atoms with E-state index in [0.29, 0.717) is 31.5 Å². The van der Waals surface area contributed by atoms with Gasteiger partial charge in [-0.05, 0) is 93.5 Å². The molecule has 0 N–H and O–H groups in total. The molecule has 2 unspecified atom stereocenters. The minimum absolute atomic E-state index is 0. The van der Waals surface area contributed by atoms with E-state index in [0.717, 1.165) is 83.5 Å². The summed E-state index contributed by atoms with van der Waals surface area (Å²) in [5.41, 5.74) is 0. The summed E-state index contributed by atoms with van der Waals surface area (Å²) in [6.45, 7) is 17.5. The third-order valence-corrected chi connectivity index (χ3v) is 18.4. The van der Waals surface area contributed by atoms with Crippen LogP contribution in [-0.4, -0.2) is 101 Å². The number of carbonyl (C=O) groups excluding carboxylic acids is 4. The van der Waals surface area contributed by atoms with Crippen LogP contribution in [0.5, 0.6) is 0 Å². The zero-order valence-electron chi connectivity index (χ0n) is 67.1. The number of hydrogen-bond acceptors (Lipinski definition) is 24. The second-order valence-corrected chi connectivity index (χ2v) is 31.0. The fourth-order valence-electron chi connectivity index (χ4n) is 10.9. The molecule has 24 nitrogen and oxygen atoms in total. The van der Waals surface area contributed by atoms with Crippen LogP contribution in [0.25, 0.3) is 0 Å². The van der Waals surface area contributed by atoms with Crippen LogP contribution in [0, 0.1) is 12.8 Å². The Balaban J connectivity index is -0.000000424. The zero-order chi connectivity index (χ0) is 77.7. The zero-order valence-corrected chi connectivity index (χ0v) is 78.4. The van der Waals surface area contributed by atoms with Crippen LogP contribution in [0.3, 0.4) is 0 Å². The van der Waals surface area contributed by atoms with Gasteiger partial charge in [-0.25, -0.2) is 51.4 Å². The number of unbranched alkanes of at least 4 members (excludes halogenated alkanes) is 33. The van der Waals surface area contributed by atoms with Gasteiger partial charge < -0.3 is 50.3 Å². The molecule has 0 aliphatic rings. The molecule has 2 atom stereocenters. The average molecular weight is 1640 g/mol. The first-order valence-electron chi connectivity index (χ1n) is 38.0. The standard InChI is InChI=1S/C20H34O6S.C20H33O3.2C18H30O6S.4Na.O3S/c1-2-3-4-5-6-7-8-9-10-11-12-13-16-25-20(21)19-15-14-18(26-19)17-27(22,23)24;1-4-5-6-7-8-9-10-11-12-13-14-17(2)23-20(21)19-16-15-18(3)22-19;1-3-5-7-8-10-15(9-6-4-2)13-23-18(19)17-12-11-16(24-17)14-25(20,21)22;1-2-3-4-5-6-7-8-9-10-11-14-23-18(19)17-13-12-16(24-17)15-25(20,21)22;;;;;1-4(2)3/h14-15H,2-13,16-17H2,1H3,(H,22,23,24);15-17H,3-14H2,1-2H3;11-12,15H,3-10,13-14H2,1-2H3,(H,20,21,22);12-13H,2-11,14-15H2,1H3,(H,20,21,22);;;;;/q;-1;;;4*+1;/p-3. The van der Waals surface area contributed by atoms with Crippen molar-refractivity contribution in [1.82, 2.24) is 0 Å². The van der Waals surface area contributed by atoms with Gasteiger partial charge in [-0.2, -0.15) is 6.07 Å². The maximum Gasteiger partial charge on any atom is 1.00 e. The Labute approximate surface area is 737 Å². The summed E-state index contributed by atoms with van der Waals surface area (Å²) in [4.78, 5) is 47.4. The van der Waals surface area contributed by atoms with Gasteiger partial charge >= 0.3 is 153 Å². The van der Waals surface area contributed by atoms with E-state index in [9.17, 15) is 58.1 Å². The number of hydrogen-bond donors (Lipinski definition) is 0. The third-order valence-electron chi connectivity index (χ3n) is 16.5. The molecule has 32 heteroatoms. The van der Waals surface area contributed by atoms with E-state index in [1.807, 2.05) is 6.92 Å². The Kier molecular flexibility index (Phi) is 78.7. The van der Waals surface area contributed by atoms with E-state index in [4.69, 9.17) is 49.2 Å². The predicted octanol–water partition coefficient (Wildman–Crippen LogP) is 7.17. The molecule has 0 bridgehead atoms. The fourth-order valence-corrected chi connectivity index (χ4v) is 12.4. The number of rotatable bonds is 56. The first-order chi connectivity index (χ1) is 49.6. The van der Waals surface area contributed by atoms with Gasteiger partial charge in [0.25, 0.3) is 0 Å². The van der Waals surface area contributed by atoms with Crippen molar-refractivity contribution in [2.24, 2.45) is 5.92 Å². The van der Waals surface area contributed by atoms with Crippen LogP contribution >= 0.6 is 0 Å². The number of esters is 4. The van der Waals surface area contributed by atoms with E-state index < -0.39 is 76.1 Å². The van der Waals surface area contributed by atoms with Crippen LogP contribution in [0.1, 0.15) is 370 Å². The molecule has 0 fully saturated rings. The molecule has 4 aromatic heterocycles. The summed E-state index contributed by atoms with van der Waals surface area (Å²) < 4.78 is 163. The Morgan fingerprint density at radius 1 is 0.361 bits per heavy atom. The first-order valence-corrected chi connectivity index (χ1v) is 43.8. The Hall–Kier alpha value is -1.78. The molecule has 108 heavy (non-hydrogen) atoms. The van der Waals surface area contributed by atoms with Gasteiger partial charge in [0, 0.05) is 0 Å². The number of carbonyl (C=O) groups is 4. The SMILES string of the molecule is CCCCCCC(CCCC)COC(=O)c1ccc(CS(=O)(=O)[O-])o1.CCCCCCCCCCCCCCOC(=O)c1ccc(CS(=O)(=O)[O-])o1.CCCCCCCCCCCCOC(=O)c1ccc(CS(=O)(=O)[O-])o1.O=S(=O)=O.[CH2-]c1ccc(C(=O)OC(C)CCCCCCCCCCCC)o1.[Na+].[Na+].[Na+].[Na+]. The molecule has 0 aliphatic heterocycles. The average Bonchev–Trinajstić information content (AvgIpc) is 1.75. The number of furan rings is 4. The summed E-state index contributed by atoms with van der Waals surface area (Å²) in [5.74, 6) is -3.90. The minimum atomic E-state index is -4.44. The van der Waals surface area contributed by atoms with Crippen LogP contribution in [0.2, 0.25) is 0 Å². The van der Waals surface area contributed by atoms with Crippen molar-refractivity contribution < 1.29 is 226 Å². The van der Waals surface area contributed by atoms with E-state index in [1.165, 1.54) is 216 Å². The van der Waals surface area contributed by atoms with E-state index >= 15 is 0 Å². The molecule has 4 heterocycles.